The van der Waals surface area contributed by atoms with E-state index in [0.29, 0.717) is 12.8 Å². The summed E-state index contributed by atoms with van der Waals surface area (Å²) in [5.41, 5.74) is 16.4. The molecular weight excluding hydrogens is 382 g/mol. The van der Waals surface area contributed by atoms with Gasteiger partial charge in [-0.25, -0.2) is 0 Å². The molecule has 0 radical (unpaired) electrons. The number of guanidine groups is 1. The van der Waals surface area contributed by atoms with E-state index in [-0.39, 0.29) is 24.8 Å². The minimum Gasteiger partial charge on any atom is -0.480 e. The normalized spacial score (nSPS) is 13.7. The second-order valence-electron chi connectivity index (χ2n) is 7.09. The molecule has 29 heavy (non-hydrogen) atoms. The van der Waals surface area contributed by atoms with Crippen molar-refractivity contribution in [1.29, 1.82) is 0 Å². The van der Waals surface area contributed by atoms with Gasteiger partial charge in [0.2, 0.25) is 17.7 Å². The second kappa shape index (κ2) is 13.3. The highest BCUT2D eigenvalue weighted by atomic mass is 16.4. The monoisotopic (exact) mass is 415 g/mol. The van der Waals surface area contributed by atoms with Gasteiger partial charge in [-0.05, 0) is 32.1 Å². The van der Waals surface area contributed by atoms with Crippen LogP contribution >= 0.6 is 0 Å². The number of carbonyl (C=O) groups is 4. The minimum atomic E-state index is -1.21. The van der Waals surface area contributed by atoms with E-state index in [1.807, 2.05) is 13.8 Å². The Morgan fingerprint density at radius 1 is 1.00 bits per heavy atom. The number of hydrogen-bond acceptors (Lipinski definition) is 6. The lowest BCUT2D eigenvalue weighted by Crippen LogP contribution is -2.55. The molecule has 3 atom stereocenters. The third-order valence-corrected chi connectivity index (χ3v) is 3.81. The molecule has 0 aliphatic carbocycles. The van der Waals surface area contributed by atoms with Crippen molar-refractivity contribution in [3.05, 3.63) is 0 Å². The SMILES string of the molecule is CC(C)CC(N)C(=O)NC(CCCN=C(N)N)C(=O)NC(C)C(=O)NCC(=O)O. The number of nitrogens with one attached hydrogen (secondary N) is 3. The molecule has 3 unspecified atom stereocenters. The Balaban J connectivity index is 4.98. The molecule has 0 saturated heterocycles. The molecule has 12 nitrogen and oxygen atoms in total. The van der Waals surface area contributed by atoms with Crippen LogP contribution in [0.15, 0.2) is 4.99 Å². The summed E-state index contributed by atoms with van der Waals surface area (Å²) in [5, 5.41) is 15.8. The first-order chi connectivity index (χ1) is 13.4. The van der Waals surface area contributed by atoms with Crippen molar-refractivity contribution >= 4 is 29.7 Å². The van der Waals surface area contributed by atoms with Crippen LogP contribution in [0.1, 0.15) is 40.0 Å². The number of nitrogens with two attached hydrogens (primary N) is 3. The Hall–Kier alpha value is -2.89. The van der Waals surface area contributed by atoms with Gasteiger partial charge in [0.25, 0.3) is 0 Å². The predicted octanol–water partition coefficient (Wildman–Crippen LogP) is -2.40. The summed E-state index contributed by atoms with van der Waals surface area (Å²) in [6, 6.07) is -2.73. The molecule has 0 aromatic carbocycles. The maximum Gasteiger partial charge on any atom is 0.322 e. The van der Waals surface area contributed by atoms with Crippen LogP contribution in [0.2, 0.25) is 0 Å². The van der Waals surface area contributed by atoms with Gasteiger partial charge in [-0.1, -0.05) is 13.8 Å². The van der Waals surface area contributed by atoms with Crippen LogP contribution in [0, 0.1) is 5.92 Å². The van der Waals surface area contributed by atoms with Crippen molar-refractivity contribution in [2.75, 3.05) is 13.1 Å². The van der Waals surface area contributed by atoms with E-state index in [9.17, 15) is 19.2 Å². The fourth-order valence-electron chi connectivity index (χ4n) is 2.36. The molecule has 0 rings (SSSR count). The van der Waals surface area contributed by atoms with E-state index in [1.54, 1.807) is 0 Å². The molecule has 12 heteroatoms. The van der Waals surface area contributed by atoms with Crippen LogP contribution in [0.25, 0.3) is 0 Å². The number of carboxylic acid groups (broad SMARTS) is 1. The highest BCUT2D eigenvalue weighted by Crippen LogP contribution is 2.05. The first-order valence-corrected chi connectivity index (χ1v) is 9.35. The second-order valence-corrected chi connectivity index (χ2v) is 7.09. The van der Waals surface area contributed by atoms with Crippen LogP contribution in [0.4, 0.5) is 0 Å². The zero-order valence-electron chi connectivity index (χ0n) is 17.1. The summed E-state index contributed by atoms with van der Waals surface area (Å²) in [6.45, 7) is 4.93. The van der Waals surface area contributed by atoms with E-state index in [4.69, 9.17) is 22.3 Å². The number of amides is 3. The molecule has 3 amide bonds. The van der Waals surface area contributed by atoms with Gasteiger partial charge in [0.1, 0.15) is 18.6 Å². The molecule has 0 heterocycles. The van der Waals surface area contributed by atoms with Gasteiger partial charge in [0.05, 0.1) is 6.04 Å². The molecular formula is C17H33N7O5. The van der Waals surface area contributed by atoms with Crippen LogP contribution in [-0.2, 0) is 19.2 Å². The maximum absolute atomic E-state index is 12.6. The van der Waals surface area contributed by atoms with E-state index in [1.165, 1.54) is 6.92 Å². The molecule has 0 aliphatic rings. The average Bonchev–Trinajstić information content (AvgIpc) is 2.60. The number of aliphatic imine (C=N–C) groups is 1. The van der Waals surface area contributed by atoms with Gasteiger partial charge in [-0.15, -0.1) is 0 Å². The number of carbonyl (C=O) groups excluding carboxylic acids is 3. The summed E-state index contributed by atoms with van der Waals surface area (Å²) in [6.07, 6.45) is 1.06. The van der Waals surface area contributed by atoms with Crippen molar-refractivity contribution in [1.82, 2.24) is 16.0 Å². The Morgan fingerprint density at radius 3 is 2.14 bits per heavy atom. The third-order valence-electron chi connectivity index (χ3n) is 3.81. The Kier molecular flexibility index (Phi) is 12.0. The van der Waals surface area contributed by atoms with Crippen molar-refractivity contribution in [3.63, 3.8) is 0 Å². The average molecular weight is 415 g/mol. The summed E-state index contributed by atoms with van der Waals surface area (Å²) in [4.78, 5) is 51.1. The standard InChI is InChI=1S/C17H33N7O5/c1-9(2)7-11(18)15(28)24-12(5-4-6-21-17(19)20)16(29)23-10(3)14(27)22-8-13(25)26/h9-12H,4-8,18H2,1-3H3,(H,22,27)(H,23,29)(H,24,28)(H,25,26)(H4,19,20,21). The van der Waals surface area contributed by atoms with Gasteiger partial charge in [-0.3, -0.25) is 24.2 Å². The van der Waals surface area contributed by atoms with E-state index >= 15 is 0 Å². The van der Waals surface area contributed by atoms with Crippen LogP contribution in [-0.4, -0.2) is 66.0 Å². The minimum absolute atomic E-state index is 0.0854. The fourth-order valence-corrected chi connectivity index (χ4v) is 2.36. The van der Waals surface area contributed by atoms with E-state index in [2.05, 4.69) is 20.9 Å². The highest BCUT2D eigenvalue weighted by molar-refractivity contribution is 5.93. The summed E-state index contributed by atoms with van der Waals surface area (Å²) >= 11 is 0. The zero-order valence-corrected chi connectivity index (χ0v) is 17.1. The van der Waals surface area contributed by atoms with E-state index < -0.39 is 48.4 Å². The lowest BCUT2D eigenvalue weighted by molar-refractivity contribution is -0.138. The molecule has 0 spiro atoms. The number of hydrogen-bond donors (Lipinski definition) is 7. The van der Waals surface area contributed by atoms with Crippen LogP contribution in [0.5, 0.6) is 0 Å². The van der Waals surface area contributed by atoms with Gasteiger partial charge in [0, 0.05) is 6.54 Å². The van der Waals surface area contributed by atoms with Crippen LogP contribution < -0.4 is 33.2 Å². The molecule has 10 N–H and O–H groups in total. The number of nitrogens with zero attached hydrogens (tertiary/aromatic N) is 1. The molecule has 0 fully saturated rings. The van der Waals surface area contributed by atoms with E-state index in [0.717, 1.165) is 0 Å². The van der Waals surface area contributed by atoms with Crippen molar-refractivity contribution < 1.29 is 24.3 Å². The van der Waals surface area contributed by atoms with Gasteiger partial charge in [0.15, 0.2) is 5.96 Å². The summed E-state index contributed by atoms with van der Waals surface area (Å²) in [5.74, 6) is -2.84. The molecule has 0 aromatic heterocycles. The summed E-state index contributed by atoms with van der Waals surface area (Å²) < 4.78 is 0. The largest absolute Gasteiger partial charge is 0.480 e. The topological polar surface area (TPSA) is 215 Å². The number of carboxylic acids is 1. The Bertz CT molecular complexity index is 605. The third kappa shape index (κ3) is 12.2. The molecule has 0 aliphatic heterocycles. The quantitative estimate of drug-likeness (QED) is 0.0975. The molecule has 0 bridgehead atoms. The zero-order chi connectivity index (χ0) is 22.6. The maximum atomic E-state index is 12.6. The van der Waals surface area contributed by atoms with Crippen molar-refractivity contribution in [2.45, 2.75) is 58.2 Å². The molecule has 0 aromatic rings. The summed E-state index contributed by atoms with van der Waals surface area (Å²) in [7, 11) is 0. The number of rotatable bonds is 13. The highest BCUT2D eigenvalue weighted by Gasteiger charge is 2.26. The molecule has 166 valence electrons. The first-order valence-electron chi connectivity index (χ1n) is 9.35. The van der Waals surface area contributed by atoms with Crippen molar-refractivity contribution in [2.24, 2.45) is 28.1 Å². The van der Waals surface area contributed by atoms with Gasteiger partial charge in [-0.2, -0.15) is 0 Å². The lowest BCUT2D eigenvalue weighted by Gasteiger charge is -2.23. The fraction of sp³-hybridized carbons (Fsp3) is 0.706. The smallest absolute Gasteiger partial charge is 0.322 e. The van der Waals surface area contributed by atoms with Crippen molar-refractivity contribution in [3.8, 4) is 0 Å². The Morgan fingerprint density at radius 2 is 1.62 bits per heavy atom. The number of aliphatic carboxylic acids is 1. The lowest BCUT2D eigenvalue weighted by atomic mass is 10.0. The van der Waals surface area contributed by atoms with Gasteiger partial charge >= 0.3 is 5.97 Å². The van der Waals surface area contributed by atoms with Crippen LogP contribution in [0.3, 0.4) is 0 Å². The predicted molar refractivity (Wildman–Crippen MR) is 108 cm³/mol. The molecule has 0 saturated carbocycles. The van der Waals surface area contributed by atoms with Gasteiger partial charge < -0.3 is 38.3 Å². The first kappa shape index (κ1) is 26.1. The Labute approximate surface area is 170 Å².